The van der Waals surface area contributed by atoms with Crippen LogP contribution in [0.3, 0.4) is 0 Å². The van der Waals surface area contributed by atoms with Crippen molar-refractivity contribution in [1.82, 2.24) is 0 Å². The Bertz CT molecular complexity index is 652. The Morgan fingerprint density at radius 1 is 0.611 bits per heavy atom. The fourth-order valence-electron chi connectivity index (χ4n) is 5.01. The minimum absolute atomic E-state index is 0. The van der Waals surface area contributed by atoms with Crippen molar-refractivity contribution < 1.29 is 17.1 Å². The van der Waals surface area contributed by atoms with Crippen molar-refractivity contribution in [3.05, 3.63) is 58.1 Å². The first-order chi connectivity index (χ1) is 17.2. The number of hydrogen-bond donors (Lipinski definition) is 0. The number of unbranched alkanes of at least 4 members (excludes halogenated alkanes) is 10. The van der Waals surface area contributed by atoms with E-state index in [2.05, 4.69) is 65.0 Å². The second-order valence-electron chi connectivity index (χ2n) is 10.8. The topological polar surface area (TPSA) is 0 Å². The predicted octanol–water partition coefficient (Wildman–Crippen LogP) is 11.5. The minimum Gasteiger partial charge on any atom is -0.210 e. The summed E-state index contributed by atoms with van der Waals surface area (Å²) in [5, 5.41) is 0. The van der Waals surface area contributed by atoms with Crippen LogP contribution in [-0.4, -0.2) is 0 Å². The van der Waals surface area contributed by atoms with Gasteiger partial charge in [-0.1, -0.05) is 163 Å². The average Bonchev–Trinajstić information content (AvgIpc) is 3.47. The summed E-state index contributed by atoms with van der Waals surface area (Å²) in [6, 6.07) is 12.1. The predicted molar refractivity (Wildman–Crippen MR) is 160 cm³/mol. The van der Waals surface area contributed by atoms with E-state index in [9.17, 15) is 0 Å². The van der Waals surface area contributed by atoms with Crippen LogP contribution >= 0.6 is 0 Å². The summed E-state index contributed by atoms with van der Waals surface area (Å²) in [7, 11) is 0. The van der Waals surface area contributed by atoms with Gasteiger partial charge in [0, 0.05) is 0 Å². The van der Waals surface area contributed by atoms with Crippen LogP contribution in [0.1, 0.15) is 159 Å². The SMILES string of the molecule is CCCCCc1cc(CCCCC)c(CCCCC)[cH-]1.CCCCCc1cc[c-](CCCCC)c1.[Fe+2]. The number of rotatable bonds is 20. The molecular weight excluding hydrogens is 476 g/mol. The Labute approximate surface area is 237 Å². The second-order valence-corrected chi connectivity index (χ2v) is 10.8. The molecule has 0 aliphatic heterocycles. The number of hydrogen-bond acceptors (Lipinski definition) is 0. The first kappa shape index (κ1) is 35.2. The van der Waals surface area contributed by atoms with Crippen molar-refractivity contribution in [2.45, 2.75) is 163 Å². The summed E-state index contributed by atoms with van der Waals surface area (Å²) < 4.78 is 0. The van der Waals surface area contributed by atoms with Gasteiger partial charge in [-0.25, -0.2) is 12.1 Å². The molecule has 0 spiro atoms. The van der Waals surface area contributed by atoms with Crippen LogP contribution in [0.25, 0.3) is 0 Å². The fraction of sp³-hybridized carbons (Fsp3) is 0.714. The normalized spacial score (nSPS) is 10.7. The standard InChI is InChI=1S/C20H35.C15H25.Fe/c1-4-7-10-13-18-16-19(14-11-8-5-2)20(17-18)15-12-9-6-3;1-3-5-7-9-14-11-12-15(13-14)10-8-6-4-2;/h16-17H,4-15H2,1-3H3;11-13H,3-10H2,1-2H3;/q2*-1;+2. The molecule has 0 saturated heterocycles. The van der Waals surface area contributed by atoms with Crippen molar-refractivity contribution in [1.29, 1.82) is 0 Å². The molecule has 0 fully saturated rings. The van der Waals surface area contributed by atoms with Crippen LogP contribution < -0.4 is 0 Å². The van der Waals surface area contributed by atoms with Crippen molar-refractivity contribution in [2.75, 3.05) is 0 Å². The molecule has 0 saturated carbocycles. The van der Waals surface area contributed by atoms with E-state index >= 15 is 0 Å². The molecule has 0 aliphatic carbocycles. The summed E-state index contributed by atoms with van der Waals surface area (Å²) in [5.74, 6) is 0. The minimum atomic E-state index is 0. The van der Waals surface area contributed by atoms with Crippen LogP contribution in [0.2, 0.25) is 0 Å². The van der Waals surface area contributed by atoms with E-state index in [1.165, 1.54) is 128 Å². The van der Waals surface area contributed by atoms with Gasteiger partial charge in [-0.3, -0.25) is 0 Å². The van der Waals surface area contributed by atoms with E-state index in [0.29, 0.717) is 0 Å². The molecule has 2 rings (SSSR count). The van der Waals surface area contributed by atoms with Crippen molar-refractivity contribution in [3.63, 3.8) is 0 Å². The van der Waals surface area contributed by atoms with Crippen LogP contribution in [0.4, 0.5) is 0 Å². The maximum Gasteiger partial charge on any atom is 2.00 e. The monoisotopic (exact) mass is 536 g/mol. The molecule has 0 aliphatic rings. The third-order valence-electron chi connectivity index (χ3n) is 7.32. The smallest absolute Gasteiger partial charge is 0.210 e. The summed E-state index contributed by atoms with van der Waals surface area (Å²) >= 11 is 0. The quantitative estimate of drug-likeness (QED) is 0.0897. The molecule has 0 aromatic heterocycles. The van der Waals surface area contributed by atoms with E-state index in [1.54, 1.807) is 27.8 Å². The van der Waals surface area contributed by atoms with Gasteiger partial charge < -0.3 is 0 Å². The van der Waals surface area contributed by atoms with Crippen LogP contribution in [0.15, 0.2) is 30.3 Å². The van der Waals surface area contributed by atoms with E-state index in [1.807, 2.05) is 0 Å². The van der Waals surface area contributed by atoms with Gasteiger partial charge in [0.05, 0.1) is 0 Å². The molecule has 0 nitrogen and oxygen atoms in total. The largest absolute Gasteiger partial charge is 2.00 e. The van der Waals surface area contributed by atoms with Crippen LogP contribution in [0, 0.1) is 0 Å². The second kappa shape index (κ2) is 24.6. The van der Waals surface area contributed by atoms with Gasteiger partial charge in [-0.15, -0.1) is 0 Å². The summed E-state index contributed by atoms with van der Waals surface area (Å²) in [4.78, 5) is 0. The molecule has 2 aromatic rings. The molecule has 0 N–H and O–H groups in total. The van der Waals surface area contributed by atoms with E-state index < -0.39 is 0 Å². The molecule has 1 heteroatoms. The van der Waals surface area contributed by atoms with Crippen LogP contribution in [-0.2, 0) is 49.2 Å². The molecule has 208 valence electrons. The number of aryl methyl sites for hydroxylation is 5. The fourth-order valence-corrected chi connectivity index (χ4v) is 5.01. The Hall–Kier alpha value is -0.781. The molecule has 2 aromatic carbocycles. The van der Waals surface area contributed by atoms with Crippen molar-refractivity contribution in [3.8, 4) is 0 Å². The molecule has 36 heavy (non-hydrogen) atoms. The van der Waals surface area contributed by atoms with Gasteiger partial charge in [0.1, 0.15) is 0 Å². The van der Waals surface area contributed by atoms with Gasteiger partial charge in [-0.2, -0.15) is 46.0 Å². The molecule has 0 heterocycles. The van der Waals surface area contributed by atoms with Crippen molar-refractivity contribution in [2.24, 2.45) is 0 Å². The third-order valence-corrected chi connectivity index (χ3v) is 7.32. The average molecular weight is 537 g/mol. The molecule has 0 radical (unpaired) electrons. The Morgan fingerprint density at radius 3 is 1.75 bits per heavy atom. The first-order valence-electron chi connectivity index (χ1n) is 15.7. The van der Waals surface area contributed by atoms with Gasteiger partial charge in [0.2, 0.25) is 0 Å². The molecular formula is C35H60Fe. The van der Waals surface area contributed by atoms with Gasteiger partial charge in [0.25, 0.3) is 0 Å². The molecule has 0 unspecified atom stereocenters. The maximum atomic E-state index is 2.52. The van der Waals surface area contributed by atoms with E-state index in [-0.39, 0.29) is 17.1 Å². The van der Waals surface area contributed by atoms with E-state index in [4.69, 9.17) is 0 Å². The molecule has 0 bridgehead atoms. The summed E-state index contributed by atoms with van der Waals surface area (Å²) in [6.45, 7) is 11.4. The van der Waals surface area contributed by atoms with Crippen molar-refractivity contribution >= 4 is 0 Å². The van der Waals surface area contributed by atoms with Gasteiger partial charge >= 0.3 is 17.1 Å². The molecule has 0 amide bonds. The zero-order valence-electron chi connectivity index (χ0n) is 24.9. The zero-order chi connectivity index (χ0) is 25.6. The molecule has 0 atom stereocenters. The maximum absolute atomic E-state index is 2.52. The first-order valence-corrected chi connectivity index (χ1v) is 15.7. The van der Waals surface area contributed by atoms with Crippen LogP contribution in [0.5, 0.6) is 0 Å². The Kier molecular flexibility index (Phi) is 24.0. The zero-order valence-corrected chi connectivity index (χ0v) is 26.0. The Morgan fingerprint density at radius 2 is 1.14 bits per heavy atom. The van der Waals surface area contributed by atoms with Gasteiger partial charge in [0.15, 0.2) is 0 Å². The third kappa shape index (κ3) is 16.9. The van der Waals surface area contributed by atoms with Gasteiger partial charge in [-0.05, 0) is 0 Å². The Balaban J connectivity index is 0.000000687. The summed E-state index contributed by atoms with van der Waals surface area (Å²) in [6.07, 6.45) is 26.8. The summed E-state index contributed by atoms with van der Waals surface area (Å²) in [5.41, 5.74) is 8.04. The van der Waals surface area contributed by atoms with E-state index in [0.717, 1.165) is 0 Å².